The molecule has 2 N–H and O–H groups in total. The molecule has 0 spiro atoms. The number of nitrogens with one attached hydrogen (secondary N) is 2. The van der Waals surface area contributed by atoms with Gasteiger partial charge in [-0.05, 0) is 39.7 Å². The summed E-state index contributed by atoms with van der Waals surface area (Å²) in [5.74, 6) is 0.904. The summed E-state index contributed by atoms with van der Waals surface area (Å²) >= 11 is 0. The highest BCUT2D eigenvalue weighted by Gasteiger charge is 2.05. The van der Waals surface area contributed by atoms with E-state index in [4.69, 9.17) is 0 Å². The third-order valence-electron chi connectivity index (χ3n) is 4.04. The number of aromatic nitrogens is 2. The predicted molar refractivity (Wildman–Crippen MR) is 114 cm³/mol. The number of halogens is 1. The standard InChI is InChI=1S/C18H35N5.HI/c1-6-7-8-9-11-15(2)21-18(19-5)20-12-10-13-23-17(4)14-16(3)22-23;/h14-15H,6-13H2,1-5H3,(H2,19,20,21);1H. The molecule has 1 heterocycles. The van der Waals surface area contributed by atoms with Crippen molar-refractivity contribution in [3.8, 4) is 0 Å². The van der Waals surface area contributed by atoms with Crippen LogP contribution in [0.25, 0.3) is 0 Å². The van der Waals surface area contributed by atoms with Crippen LogP contribution in [-0.2, 0) is 6.54 Å². The van der Waals surface area contributed by atoms with E-state index < -0.39 is 0 Å². The van der Waals surface area contributed by atoms with Gasteiger partial charge < -0.3 is 10.6 Å². The van der Waals surface area contributed by atoms with Crippen molar-refractivity contribution < 1.29 is 0 Å². The Balaban J connectivity index is 0.00000529. The molecule has 0 amide bonds. The monoisotopic (exact) mass is 449 g/mol. The van der Waals surface area contributed by atoms with Gasteiger partial charge in [0.15, 0.2) is 5.96 Å². The van der Waals surface area contributed by atoms with Crippen LogP contribution in [0.2, 0.25) is 0 Å². The molecular formula is C18H36IN5. The normalized spacial score (nSPS) is 12.6. The maximum absolute atomic E-state index is 4.49. The molecule has 140 valence electrons. The summed E-state index contributed by atoms with van der Waals surface area (Å²) in [6.07, 6.45) is 7.49. The van der Waals surface area contributed by atoms with Gasteiger partial charge in [-0.25, -0.2) is 0 Å². The number of unbranched alkanes of at least 4 members (excludes halogenated alkanes) is 3. The lowest BCUT2D eigenvalue weighted by Gasteiger charge is -2.18. The number of hydrogen-bond acceptors (Lipinski definition) is 2. The van der Waals surface area contributed by atoms with Crippen LogP contribution in [0.1, 0.15) is 63.8 Å². The van der Waals surface area contributed by atoms with E-state index in [1.54, 1.807) is 0 Å². The average molecular weight is 449 g/mol. The Labute approximate surface area is 165 Å². The van der Waals surface area contributed by atoms with Crippen LogP contribution in [0.4, 0.5) is 0 Å². The van der Waals surface area contributed by atoms with Crippen LogP contribution in [-0.4, -0.2) is 35.4 Å². The number of nitrogens with zero attached hydrogens (tertiary/aromatic N) is 3. The van der Waals surface area contributed by atoms with Crippen molar-refractivity contribution in [2.45, 2.75) is 78.8 Å². The van der Waals surface area contributed by atoms with Gasteiger partial charge in [0.05, 0.1) is 5.69 Å². The van der Waals surface area contributed by atoms with Gasteiger partial charge in [-0.1, -0.05) is 32.6 Å². The Hall–Kier alpha value is -0.790. The molecule has 6 heteroatoms. The minimum absolute atomic E-state index is 0. The molecule has 0 fully saturated rings. The van der Waals surface area contributed by atoms with Gasteiger partial charge >= 0.3 is 0 Å². The van der Waals surface area contributed by atoms with Crippen molar-refractivity contribution in [1.29, 1.82) is 0 Å². The number of aryl methyl sites for hydroxylation is 3. The molecule has 5 nitrogen and oxygen atoms in total. The van der Waals surface area contributed by atoms with Crippen molar-refractivity contribution >= 4 is 29.9 Å². The highest BCUT2D eigenvalue weighted by atomic mass is 127. The zero-order valence-corrected chi connectivity index (χ0v) is 18.4. The van der Waals surface area contributed by atoms with E-state index >= 15 is 0 Å². The molecule has 0 aliphatic rings. The van der Waals surface area contributed by atoms with Crippen LogP contribution in [0, 0.1) is 13.8 Å². The van der Waals surface area contributed by atoms with E-state index in [2.05, 4.69) is 52.2 Å². The van der Waals surface area contributed by atoms with Crippen molar-refractivity contribution in [2.75, 3.05) is 13.6 Å². The lowest BCUT2D eigenvalue weighted by atomic mass is 10.1. The SMILES string of the molecule is CCCCCCC(C)NC(=NC)NCCCn1nc(C)cc1C.I. The summed E-state index contributed by atoms with van der Waals surface area (Å²) in [7, 11) is 1.83. The lowest BCUT2D eigenvalue weighted by Crippen LogP contribution is -2.42. The van der Waals surface area contributed by atoms with Gasteiger partial charge in [0.2, 0.25) is 0 Å². The zero-order chi connectivity index (χ0) is 17.1. The molecule has 1 aromatic rings. The summed E-state index contributed by atoms with van der Waals surface area (Å²) < 4.78 is 2.07. The highest BCUT2D eigenvalue weighted by Crippen LogP contribution is 2.05. The molecule has 1 rings (SSSR count). The Morgan fingerprint density at radius 1 is 1.25 bits per heavy atom. The smallest absolute Gasteiger partial charge is 0.191 e. The second-order valence-corrected chi connectivity index (χ2v) is 6.40. The largest absolute Gasteiger partial charge is 0.356 e. The Bertz CT molecular complexity index is 470. The fourth-order valence-electron chi connectivity index (χ4n) is 2.71. The highest BCUT2D eigenvalue weighted by molar-refractivity contribution is 14.0. The van der Waals surface area contributed by atoms with Gasteiger partial charge in [0, 0.05) is 31.9 Å². The van der Waals surface area contributed by atoms with E-state index in [9.17, 15) is 0 Å². The van der Waals surface area contributed by atoms with Crippen LogP contribution in [0.3, 0.4) is 0 Å². The Kier molecular flexibility index (Phi) is 13.1. The van der Waals surface area contributed by atoms with Gasteiger partial charge in [0.1, 0.15) is 0 Å². The molecular weight excluding hydrogens is 413 g/mol. The fourth-order valence-corrected chi connectivity index (χ4v) is 2.71. The molecule has 0 saturated carbocycles. The second kappa shape index (κ2) is 13.5. The molecule has 1 atom stereocenters. The summed E-state index contributed by atoms with van der Waals surface area (Å²) in [4.78, 5) is 4.31. The summed E-state index contributed by atoms with van der Waals surface area (Å²) in [5, 5.41) is 11.4. The van der Waals surface area contributed by atoms with Crippen molar-refractivity contribution in [2.24, 2.45) is 4.99 Å². The Morgan fingerprint density at radius 2 is 2.00 bits per heavy atom. The zero-order valence-electron chi connectivity index (χ0n) is 16.1. The number of guanidine groups is 1. The molecule has 24 heavy (non-hydrogen) atoms. The van der Waals surface area contributed by atoms with E-state index in [0.29, 0.717) is 6.04 Å². The van der Waals surface area contributed by atoms with Crippen LogP contribution in [0.5, 0.6) is 0 Å². The van der Waals surface area contributed by atoms with Crippen molar-refractivity contribution in [3.05, 3.63) is 17.5 Å². The lowest BCUT2D eigenvalue weighted by molar-refractivity contribution is 0.529. The van der Waals surface area contributed by atoms with E-state index in [1.807, 2.05) is 14.0 Å². The summed E-state index contributed by atoms with van der Waals surface area (Å²) in [6.45, 7) is 10.5. The maximum atomic E-state index is 4.49. The van der Waals surface area contributed by atoms with Gasteiger partial charge in [-0.15, -0.1) is 24.0 Å². The molecule has 1 aromatic heterocycles. The predicted octanol–water partition coefficient (Wildman–Crippen LogP) is 4.03. The topological polar surface area (TPSA) is 54.2 Å². The number of aliphatic imine (C=N–C) groups is 1. The first kappa shape index (κ1) is 23.2. The van der Waals surface area contributed by atoms with Crippen LogP contribution in [0.15, 0.2) is 11.1 Å². The van der Waals surface area contributed by atoms with Crippen LogP contribution >= 0.6 is 24.0 Å². The first-order valence-electron chi connectivity index (χ1n) is 9.05. The van der Waals surface area contributed by atoms with E-state index in [-0.39, 0.29) is 24.0 Å². The van der Waals surface area contributed by atoms with Crippen molar-refractivity contribution in [1.82, 2.24) is 20.4 Å². The maximum Gasteiger partial charge on any atom is 0.191 e. The molecule has 0 saturated heterocycles. The van der Waals surface area contributed by atoms with Gasteiger partial charge in [0.25, 0.3) is 0 Å². The molecule has 0 aliphatic heterocycles. The summed E-state index contributed by atoms with van der Waals surface area (Å²) in [6, 6.07) is 2.59. The number of rotatable bonds is 10. The third kappa shape index (κ3) is 9.49. The second-order valence-electron chi connectivity index (χ2n) is 6.40. The van der Waals surface area contributed by atoms with Crippen LogP contribution < -0.4 is 10.6 Å². The molecule has 0 radical (unpaired) electrons. The first-order valence-corrected chi connectivity index (χ1v) is 9.05. The number of hydrogen-bond donors (Lipinski definition) is 2. The summed E-state index contributed by atoms with van der Waals surface area (Å²) in [5.41, 5.74) is 2.32. The van der Waals surface area contributed by atoms with Gasteiger partial charge in [-0.2, -0.15) is 5.10 Å². The molecule has 0 aromatic carbocycles. The first-order chi connectivity index (χ1) is 11.1. The van der Waals surface area contributed by atoms with E-state index in [1.165, 1.54) is 37.8 Å². The Morgan fingerprint density at radius 3 is 2.58 bits per heavy atom. The third-order valence-corrected chi connectivity index (χ3v) is 4.04. The minimum atomic E-state index is 0. The van der Waals surface area contributed by atoms with Gasteiger partial charge in [-0.3, -0.25) is 9.67 Å². The fraction of sp³-hybridized carbons (Fsp3) is 0.778. The average Bonchev–Trinajstić information content (AvgIpc) is 2.84. The minimum Gasteiger partial charge on any atom is -0.356 e. The molecule has 0 aliphatic carbocycles. The van der Waals surface area contributed by atoms with E-state index in [0.717, 1.165) is 31.2 Å². The van der Waals surface area contributed by atoms with Crippen molar-refractivity contribution in [3.63, 3.8) is 0 Å². The molecule has 0 bridgehead atoms. The molecule has 1 unspecified atom stereocenters. The quantitative estimate of drug-likeness (QED) is 0.246.